The van der Waals surface area contributed by atoms with Gasteiger partial charge in [0.25, 0.3) is 11.1 Å². The number of hydrogen-bond donors (Lipinski definition) is 1. The van der Waals surface area contributed by atoms with Crippen LogP contribution < -0.4 is 5.43 Å². The van der Waals surface area contributed by atoms with Gasteiger partial charge in [-0.25, -0.2) is 10.4 Å². The van der Waals surface area contributed by atoms with Gasteiger partial charge in [-0.3, -0.25) is 9.78 Å². The highest BCUT2D eigenvalue weighted by Gasteiger charge is 2.08. The molecule has 0 aliphatic heterocycles. The number of carbonyl (C=O) groups is 1. The lowest BCUT2D eigenvalue weighted by atomic mass is 10.2. The molecule has 1 amide bonds. The first-order valence-electron chi connectivity index (χ1n) is 6.94. The molecule has 6 nitrogen and oxygen atoms in total. The highest BCUT2D eigenvalue weighted by molar-refractivity contribution is 7.99. The van der Waals surface area contributed by atoms with Crippen LogP contribution in [-0.4, -0.2) is 27.3 Å². The monoisotopic (exact) mass is 326 g/mol. The summed E-state index contributed by atoms with van der Waals surface area (Å²) in [6.45, 7) is 1.81. The van der Waals surface area contributed by atoms with E-state index < -0.39 is 0 Å². The quantitative estimate of drug-likeness (QED) is 0.443. The summed E-state index contributed by atoms with van der Waals surface area (Å²) >= 11 is 1.23. The Morgan fingerprint density at radius 2 is 2.17 bits per heavy atom. The molecule has 0 fully saturated rings. The molecule has 0 unspecified atom stereocenters. The number of amides is 1. The number of nitrogens with zero attached hydrogens (tertiary/aromatic N) is 3. The summed E-state index contributed by atoms with van der Waals surface area (Å²) in [5.41, 5.74) is 5.56. The molecule has 2 heterocycles. The molecule has 0 spiro atoms. The van der Waals surface area contributed by atoms with Crippen molar-refractivity contribution in [2.75, 3.05) is 5.75 Å². The zero-order valence-electron chi connectivity index (χ0n) is 12.4. The number of thioether (sulfide) groups is 1. The van der Waals surface area contributed by atoms with Crippen molar-refractivity contribution >= 4 is 34.5 Å². The molecule has 0 bridgehead atoms. The van der Waals surface area contributed by atoms with Crippen LogP contribution in [-0.2, 0) is 4.79 Å². The number of hydrogen-bond acceptors (Lipinski definition) is 6. The molecule has 0 aliphatic rings. The Labute approximate surface area is 137 Å². The van der Waals surface area contributed by atoms with E-state index in [2.05, 4.69) is 20.5 Å². The molecule has 0 atom stereocenters. The summed E-state index contributed by atoms with van der Waals surface area (Å²) in [6, 6.07) is 11.2. The van der Waals surface area contributed by atoms with Gasteiger partial charge in [-0.1, -0.05) is 30.0 Å². The van der Waals surface area contributed by atoms with Gasteiger partial charge >= 0.3 is 0 Å². The number of hydrazone groups is 1. The Morgan fingerprint density at radius 1 is 1.30 bits per heavy atom. The van der Waals surface area contributed by atoms with Crippen LogP contribution >= 0.6 is 11.8 Å². The lowest BCUT2D eigenvalue weighted by Gasteiger charge is -2.01. The van der Waals surface area contributed by atoms with Gasteiger partial charge in [0.2, 0.25) is 0 Å². The van der Waals surface area contributed by atoms with Crippen LogP contribution in [0.1, 0.15) is 12.5 Å². The fourth-order valence-corrected chi connectivity index (χ4v) is 2.49. The van der Waals surface area contributed by atoms with Crippen LogP contribution in [0.2, 0.25) is 0 Å². The van der Waals surface area contributed by atoms with E-state index in [4.69, 9.17) is 4.42 Å². The number of fused-ring (bicyclic) bond motifs is 1. The Kier molecular flexibility index (Phi) is 4.68. The van der Waals surface area contributed by atoms with Crippen molar-refractivity contribution in [1.82, 2.24) is 15.4 Å². The van der Waals surface area contributed by atoms with E-state index in [1.165, 1.54) is 11.8 Å². The molecule has 1 aromatic carbocycles. The van der Waals surface area contributed by atoms with Gasteiger partial charge in [0.1, 0.15) is 5.52 Å². The number of oxazole rings is 1. The van der Waals surface area contributed by atoms with E-state index in [9.17, 15) is 4.79 Å². The second-order valence-corrected chi connectivity index (χ2v) is 5.64. The average Bonchev–Trinajstić information content (AvgIpc) is 3.01. The van der Waals surface area contributed by atoms with Crippen molar-refractivity contribution in [2.45, 2.75) is 12.1 Å². The summed E-state index contributed by atoms with van der Waals surface area (Å²) < 4.78 is 5.54. The molecule has 1 N–H and O–H groups in total. The van der Waals surface area contributed by atoms with Crippen LogP contribution in [0.15, 0.2) is 63.5 Å². The van der Waals surface area contributed by atoms with E-state index in [1.807, 2.05) is 43.3 Å². The molecule has 3 rings (SSSR count). The molecule has 116 valence electrons. The zero-order chi connectivity index (χ0) is 16.1. The molecule has 23 heavy (non-hydrogen) atoms. The highest BCUT2D eigenvalue weighted by atomic mass is 32.2. The van der Waals surface area contributed by atoms with E-state index in [-0.39, 0.29) is 11.7 Å². The number of carbonyl (C=O) groups excluding carboxylic acids is 1. The molecule has 0 aliphatic carbocycles. The lowest BCUT2D eigenvalue weighted by Crippen LogP contribution is -2.21. The number of aromatic nitrogens is 2. The average molecular weight is 326 g/mol. The molecule has 0 saturated carbocycles. The van der Waals surface area contributed by atoms with Crippen molar-refractivity contribution in [3.05, 3.63) is 54.4 Å². The number of benzene rings is 1. The van der Waals surface area contributed by atoms with Crippen molar-refractivity contribution in [3.8, 4) is 0 Å². The van der Waals surface area contributed by atoms with Gasteiger partial charge < -0.3 is 4.42 Å². The minimum absolute atomic E-state index is 0.177. The maximum Gasteiger partial charge on any atom is 0.257 e. The summed E-state index contributed by atoms with van der Waals surface area (Å²) in [5, 5.41) is 4.53. The molecular weight excluding hydrogens is 312 g/mol. The van der Waals surface area contributed by atoms with Crippen LogP contribution in [0, 0.1) is 0 Å². The minimum atomic E-state index is -0.222. The van der Waals surface area contributed by atoms with Crippen molar-refractivity contribution < 1.29 is 9.21 Å². The predicted molar refractivity (Wildman–Crippen MR) is 89.3 cm³/mol. The Morgan fingerprint density at radius 3 is 2.96 bits per heavy atom. The number of para-hydroxylation sites is 2. The van der Waals surface area contributed by atoms with Gasteiger partial charge in [0, 0.05) is 18.0 Å². The third kappa shape index (κ3) is 3.95. The Hall–Kier alpha value is -2.67. The van der Waals surface area contributed by atoms with Crippen LogP contribution in [0.3, 0.4) is 0 Å². The van der Waals surface area contributed by atoms with Gasteiger partial charge in [-0.2, -0.15) is 5.10 Å². The van der Waals surface area contributed by atoms with Crippen molar-refractivity contribution in [1.29, 1.82) is 0 Å². The van der Waals surface area contributed by atoms with Crippen LogP contribution in [0.5, 0.6) is 0 Å². The molecule has 2 aromatic heterocycles. The first-order valence-corrected chi connectivity index (χ1v) is 7.93. The van der Waals surface area contributed by atoms with E-state index in [1.54, 1.807) is 12.4 Å². The molecule has 7 heteroatoms. The SMILES string of the molecule is C/C(=N/NC(=O)CSc1nc2ccccc2o1)c1cccnc1. The maximum absolute atomic E-state index is 11.8. The number of nitrogens with one attached hydrogen (secondary N) is 1. The zero-order valence-corrected chi connectivity index (χ0v) is 13.2. The summed E-state index contributed by atoms with van der Waals surface area (Å²) in [6.07, 6.45) is 3.38. The largest absolute Gasteiger partial charge is 0.431 e. The fourth-order valence-electron chi connectivity index (χ4n) is 1.86. The number of rotatable bonds is 5. The Balaban J connectivity index is 1.55. The fraction of sp³-hybridized carbons (Fsp3) is 0.125. The van der Waals surface area contributed by atoms with Crippen LogP contribution in [0.4, 0.5) is 0 Å². The number of pyridine rings is 1. The normalized spacial score (nSPS) is 11.6. The van der Waals surface area contributed by atoms with E-state index in [0.29, 0.717) is 16.5 Å². The maximum atomic E-state index is 11.8. The van der Waals surface area contributed by atoms with E-state index in [0.717, 1.165) is 11.1 Å². The molecular formula is C16H14N4O2S. The van der Waals surface area contributed by atoms with Gasteiger partial charge in [-0.15, -0.1) is 0 Å². The molecule has 0 saturated heterocycles. The first kappa shape index (κ1) is 15.2. The highest BCUT2D eigenvalue weighted by Crippen LogP contribution is 2.22. The Bertz CT molecular complexity index is 812. The third-order valence-corrected chi connectivity index (χ3v) is 3.86. The van der Waals surface area contributed by atoms with Gasteiger partial charge in [-0.05, 0) is 25.1 Å². The second-order valence-electron chi connectivity index (χ2n) is 4.71. The lowest BCUT2D eigenvalue weighted by molar-refractivity contribution is -0.118. The van der Waals surface area contributed by atoms with E-state index >= 15 is 0 Å². The third-order valence-electron chi connectivity index (χ3n) is 3.03. The minimum Gasteiger partial charge on any atom is -0.431 e. The summed E-state index contributed by atoms with van der Waals surface area (Å²) in [5.74, 6) is -0.0445. The topological polar surface area (TPSA) is 80.4 Å². The van der Waals surface area contributed by atoms with Gasteiger partial charge in [0.15, 0.2) is 5.58 Å². The first-order chi connectivity index (χ1) is 11.2. The smallest absolute Gasteiger partial charge is 0.257 e. The molecule has 3 aromatic rings. The summed E-state index contributed by atoms with van der Waals surface area (Å²) in [7, 11) is 0. The standard InChI is InChI=1S/C16H14N4O2S/c1-11(12-5-4-8-17-9-12)19-20-15(21)10-23-16-18-13-6-2-3-7-14(13)22-16/h2-9H,10H2,1H3,(H,20,21)/b19-11-. The van der Waals surface area contributed by atoms with Crippen molar-refractivity contribution in [2.24, 2.45) is 5.10 Å². The molecule has 0 radical (unpaired) electrons. The van der Waals surface area contributed by atoms with Gasteiger partial charge in [0.05, 0.1) is 11.5 Å². The van der Waals surface area contributed by atoms with Crippen molar-refractivity contribution in [3.63, 3.8) is 0 Å². The second kappa shape index (κ2) is 7.06. The van der Waals surface area contributed by atoms with Crippen LogP contribution in [0.25, 0.3) is 11.1 Å². The predicted octanol–water partition coefficient (Wildman–Crippen LogP) is 2.86. The summed E-state index contributed by atoms with van der Waals surface area (Å²) in [4.78, 5) is 20.2.